The van der Waals surface area contributed by atoms with Crippen molar-refractivity contribution >= 4 is 57.9 Å². The van der Waals surface area contributed by atoms with E-state index in [0.29, 0.717) is 17.9 Å². The SMILES string of the molecule is O=C(NCCc1ccc(F)cc1)c1cc([N+](=O)[O-])c(Sc2c(Cl)cncc2Cl)s1. The molecule has 1 amide bonds. The predicted molar refractivity (Wildman–Crippen MR) is 112 cm³/mol. The Kier molecular flexibility index (Phi) is 7.07. The molecule has 29 heavy (non-hydrogen) atoms. The summed E-state index contributed by atoms with van der Waals surface area (Å²) in [4.78, 5) is 27.7. The van der Waals surface area contributed by atoms with Crippen molar-refractivity contribution in [3.63, 3.8) is 0 Å². The Bertz CT molecular complexity index is 1040. The molecule has 0 fully saturated rings. The van der Waals surface area contributed by atoms with Gasteiger partial charge in [0.2, 0.25) is 0 Å². The maximum absolute atomic E-state index is 12.9. The molecule has 0 radical (unpaired) electrons. The zero-order chi connectivity index (χ0) is 21.0. The van der Waals surface area contributed by atoms with Gasteiger partial charge in [0.05, 0.1) is 19.9 Å². The molecule has 0 saturated heterocycles. The third-order valence-electron chi connectivity index (χ3n) is 3.72. The Hall–Kier alpha value is -2.20. The maximum atomic E-state index is 12.9. The highest BCUT2D eigenvalue weighted by molar-refractivity contribution is 8.01. The molecule has 1 N–H and O–H groups in total. The number of nitro groups is 1. The highest BCUT2D eigenvalue weighted by Crippen LogP contribution is 2.45. The standard InChI is InChI=1S/C18H12Cl2FN3O3S2/c19-12-8-22-9-13(20)16(12)29-18-14(24(26)27)7-15(28-18)17(25)23-6-5-10-1-3-11(21)4-2-10/h1-4,7-9H,5-6H2,(H,23,25). The van der Waals surface area contributed by atoms with Gasteiger partial charge in [-0.25, -0.2) is 4.39 Å². The molecule has 6 nitrogen and oxygen atoms in total. The number of carbonyl (C=O) groups is 1. The molecule has 0 spiro atoms. The fourth-order valence-electron chi connectivity index (χ4n) is 2.33. The zero-order valence-corrected chi connectivity index (χ0v) is 17.7. The number of nitrogens with zero attached hydrogens (tertiary/aromatic N) is 2. The summed E-state index contributed by atoms with van der Waals surface area (Å²) in [6.45, 7) is 0.306. The number of amides is 1. The number of benzene rings is 1. The smallest absolute Gasteiger partial charge is 0.294 e. The first-order valence-electron chi connectivity index (χ1n) is 8.13. The molecule has 150 valence electrons. The molecule has 0 unspecified atom stereocenters. The van der Waals surface area contributed by atoms with E-state index in [-0.39, 0.29) is 30.6 Å². The molecule has 0 aliphatic heterocycles. The van der Waals surface area contributed by atoms with Gasteiger partial charge in [-0.1, -0.05) is 47.1 Å². The molecule has 0 bridgehead atoms. The van der Waals surface area contributed by atoms with Crippen molar-refractivity contribution < 1.29 is 14.1 Å². The van der Waals surface area contributed by atoms with Crippen LogP contribution in [0.2, 0.25) is 10.0 Å². The number of rotatable bonds is 7. The second kappa shape index (κ2) is 9.53. The molecular formula is C18H12Cl2FN3O3S2. The summed E-state index contributed by atoms with van der Waals surface area (Å²) in [7, 11) is 0. The number of thiophene rings is 1. The lowest BCUT2D eigenvalue weighted by Crippen LogP contribution is -2.24. The lowest BCUT2D eigenvalue weighted by molar-refractivity contribution is -0.387. The molecule has 3 aromatic rings. The molecule has 0 aliphatic rings. The average molecular weight is 472 g/mol. The van der Waals surface area contributed by atoms with Gasteiger partial charge >= 0.3 is 0 Å². The van der Waals surface area contributed by atoms with E-state index >= 15 is 0 Å². The second-order valence-corrected chi connectivity index (χ2v) is 8.85. The fourth-order valence-corrected chi connectivity index (χ4v) is 5.10. The number of carbonyl (C=O) groups excluding carboxylic acids is 1. The molecule has 1 aromatic carbocycles. The first kappa shape index (κ1) is 21.5. The highest BCUT2D eigenvalue weighted by atomic mass is 35.5. The molecule has 11 heteroatoms. The number of hydrogen-bond donors (Lipinski definition) is 1. The molecule has 3 rings (SSSR count). The molecule has 2 aromatic heterocycles. The van der Waals surface area contributed by atoms with E-state index < -0.39 is 10.8 Å². The van der Waals surface area contributed by atoms with Gasteiger partial charge < -0.3 is 5.32 Å². The van der Waals surface area contributed by atoms with Crippen LogP contribution in [0.25, 0.3) is 0 Å². The summed E-state index contributed by atoms with van der Waals surface area (Å²) < 4.78 is 13.2. The van der Waals surface area contributed by atoms with E-state index in [0.717, 1.165) is 28.7 Å². The lowest BCUT2D eigenvalue weighted by atomic mass is 10.1. The topological polar surface area (TPSA) is 85.1 Å². The van der Waals surface area contributed by atoms with Crippen LogP contribution in [0.15, 0.2) is 51.8 Å². The monoisotopic (exact) mass is 471 g/mol. The second-order valence-electron chi connectivity index (χ2n) is 5.71. The molecule has 0 aliphatic carbocycles. The Labute approximate surface area is 183 Å². The summed E-state index contributed by atoms with van der Waals surface area (Å²) >= 11 is 14.2. The molecule has 0 atom stereocenters. The minimum Gasteiger partial charge on any atom is -0.351 e. The third-order valence-corrected chi connectivity index (χ3v) is 6.97. The summed E-state index contributed by atoms with van der Waals surface area (Å²) in [6.07, 6.45) is 3.28. The van der Waals surface area contributed by atoms with Crippen LogP contribution >= 0.6 is 46.3 Å². The summed E-state index contributed by atoms with van der Waals surface area (Å²) in [5.74, 6) is -0.762. The van der Waals surface area contributed by atoms with Gasteiger partial charge in [0.25, 0.3) is 11.6 Å². The molecular weight excluding hydrogens is 460 g/mol. The lowest BCUT2D eigenvalue weighted by Gasteiger charge is -2.04. The van der Waals surface area contributed by atoms with Crippen LogP contribution in [0, 0.1) is 15.9 Å². The Morgan fingerprint density at radius 2 is 1.90 bits per heavy atom. The number of hydrogen-bond acceptors (Lipinski definition) is 6. The first-order valence-corrected chi connectivity index (χ1v) is 10.5. The van der Waals surface area contributed by atoms with Gasteiger partial charge in [0, 0.05) is 25.0 Å². The summed E-state index contributed by atoms with van der Waals surface area (Å²) in [5.41, 5.74) is 0.662. The van der Waals surface area contributed by atoms with Crippen molar-refractivity contribution in [2.24, 2.45) is 0 Å². The van der Waals surface area contributed by atoms with E-state index in [1.807, 2.05) is 0 Å². The van der Waals surface area contributed by atoms with Crippen LogP contribution in [0.3, 0.4) is 0 Å². The fraction of sp³-hybridized carbons (Fsp3) is 0.111. The van der Waals surface area contributed by atoms with Gasteiger partial charge in [-0.15, -0.1) is 11.3 Å². The highest BCUT2D eigenvalue weighted by Gasteiger charge is 2.24. The van der Waals surface area contributed by atoms with Crippen LogP contribution in [-0.2, 0) is 6.42 Å². The Morgan fingerprint density at radius 1 is 1.24 bits per heavy atom. The zero-order valence-electron chi connectivity index (χ0n) is 14.5. The van der Waals surface area contributed by atoms with Crippen molar-refractivity contribution in [2.75, 3.05) is 6.54 Å². The third kappa shape index (κ3) is 5.45. The normalized spacial score (nSPS) is 10.7. The summed E-state index contributed by atoms with van der Waals surface area (Å²) in [5, 5.41) is 14.6. The first-order chi connectivity index (χ1) is 13.8. The minimum atomic E-state index is -0.558. The summed E-state index contributed by atoms with van der Waals surface area (Å²) in [6, 6.07) is 7.18. The van der Waals surface area contributed by atoms with Crippen LogP contribution in [0.4, 0.5) is 10.1 Å². The van der Waals surface area contributed by atoms with Gasteiger partial charge in [0.15, 0.2) is 0 Å². The van der Waals surface area contributed by atoms with E-state index in [4.69, 9.17) is 23.2 Å². The van der Waals surface area contributed by atoms with Crippen molar-refractivity contribution in [1.29, 1.82) is 0 Å². The number of nitrogens with one attached hydrogen (secondary N) is 1. The van der Waals surface area contributed by atoms with Crippen molar-refractivity contribution in [1.82, 2.24) is 10.3 Å². The van der Waals surface area contributed by atoms with Crippen LogP contribution in [0.5, 0.6) is 0 Å². The van der Waals surface area contributed by atoms with E-state index in [2.05, 4.69) is 10.3 Å². The largest absolute Gasteiger partial charge is 0.351 e. The quantitative estimate of drug-likeness (QED) is 0.356. The van der Waals surface area contributed by atoms with E-state index in [9.17, 15) is 19.3 Å². The van der Waals surface area contributed by atoms with E-state index in [1.165, 1.54) is 30.6 Å². The van der Waals surface area contributed by atoms with E-state index in [1.54, 1.807) is 12.1 Å². The molecule has 0 saturated carbocycles. The van der Waals surface area contributed by atoms with Gasteiger partial charge in [-0.3, -0.25) is 19.9 Å². The van der Waals surface area contributed by atoms with Gasteiger partial charge in [-0.2, -0.15) is 0 Å². The maximum Gasteiger partial charge on any atom is 0.294 e. The average Bonchev–Trinajstić information content (AvgIpc) is 3.11. The van der Waals surface area contributed by atoms with Crippen molar-refractivity contribution in [3.8, 4) is 0 Å². The number of aromatic nitrogens is 1. The number of halogens is 3. The Morgan fingerprint density at radius 3 is 2.52 bits per heavy atom. The van der Waals surface area contributed by atoms with Crippen LogP contribution in [-0.4, -0.2) is 22.4 Å². The Balaban J connectivity index is 1.72. The van der Waals surface area contributed by atoms with Gasteiger partial charge in [0.1, 0.15) is 14.9 Å². The predicted octanol–water partition coefficient (Wildman–Crippen LogP) is 5.62. The minimum absolute atomic E-state index is 0.194. The molecule has 2 heterocycles. The van der Waals surface area contributed by atoms with Crippen LogP contribution in [0.1, 0.15) is 15.2 Å². The van der Waals surface area contributed by atoms with Crippen molar-refractivity contribution in [3.05, 3.63) is 79.1 Å². The van der Waals surface area contributed by atoms with Gasteiger partial charge in [-0.05, 0) is 24.1 Å². The number of pyridine rings is 1. The van der Waals surface area contributed by atoms with Crippen molar-refractivity contribution in [2.45, 2.75) is 15.5 Å². The van der Waals surface area contributed by atoms with Crippen LogP contribution < -0.4 is 5.32 Å².